The summed E-state index contributed by atoms with van der Waals surface area (Å²) in [7, 11) is 2.19. The number of nitrogens with zero attached hydrogens (tertiary/aromatic N) is 2. The summed E-state index contributed by atoms with van der Waals surface area (Å²) in [6.07, 6.45) is 2.56. The molecule has 0 aromatic heterocycles. The maximum atomic E-state index is 11.6. The molecule has 9 unspecified atom stereocenters. The molecule has 10 atom stereocenters. The van der Waals surface area contributed by atoms with E-state index in [1.165, 1.54) is 11.3 Å². The summed E-state index contributed by atoms with van der Waals surface area (Å²) in [6.45, 7) is 2.19. The zero-order valence-electron chi connectivity index (χ0n) is 14.3. The molecule has 4 nitrogen and oxygen atoms in total. The molecule has 128 valence electrons. The highest BCUT2D eigenvalue weighted by molar-refractivity contribution is 5.67. The van der Waals surface area contributed by atoms with Crippen LogP contribution in [-0.4, -0.2) is 52.6 Å². The van der Waals surface area contributed by atoms with Gasteiger partial charge in [-0.15, -0.1) is 0 Å². The Balaban J connectivity index is 1.60. The minimum atomic E-state index is -0.319. The van der Waals surface area contributed by atoms with E-state index in [0.29, 0.717) is 35.9 Å². The molecule has 0 radical (unpaired) electrons. The summed E-state index contributed by atoms with van der Waals surface area (Å²) in [5.74, 6) is 1.14. The molecule has 0 amide bonds. The molecule has 2 N–H and O–H groups in total. The minimum Gasteiger partial charge on any atom is -0.392 e. The van der Waals surface area contributed by atoms with Crippen molar-refractivity contribution in [3.05, 3.63) is 29.8 Å². The average molecular weight is 326 g/mol. The summed E-state index contributed by atoms with van der Waals surface area (Å²) < 4.78 is 0. The number of anilines is 1. The second-order valence-corrected chi connectivity index (χ2v) is 8.81. The van der Waals surface area contributed by atoms with Crippen LogP contribution in [0.4, 0.5) is 5.69 Å². The van der Waals surface area contributed by atoms with Crippen molar-refractivity contribution in [3.8, 4) is 0 Å². The van der Waals surface area contributed by atoms with Gasteiger partial charge in [0.1, 0.15) is 6.23 Å². The van der Waals surface area contributed by atoms with E-state index in [9.17, 15) is 10.2 Å². The van der Waals surface area contributed by atoms with E-state index in [-0.39, 0.29) is 17.7 Å². The molecule has 7 rings (SSSR count). The zero-order valence-corrected chi connectivity index (χ0v) is 14.3. The Bertz CT molecular complexity index is 723. The minimum absolute atomic E-state index is 0.126. The lowest BCUT2D eigenvalue weighted by Gasteiger charge is -2.62. The van der Waals surface area contributed by atoms with Crippen LogP contribution in [0.15, 0.2) is 24.3 Å². The summed E-state index contributed by atoms with van der Waals surface area (Å²) in [6, 6.07) is 9.70. The second kappa shape index (κ2) is 4.17. The lowest BCUT2D eigenvalue weighted by molar-refractivity contribution is -0.211. The van der Waals surface area contributed by atoms with E-state index in [1.807, 2.05) is 0 Å². The standard InChI is InChI=1S/C20H26N2O2/c1-3-10-11-8-14-17-20(12-6-4-5-7-13(12)21(17)2)9-15(16(11)18(20)23)22(14)19(10)24/h4-7,10-11,14-19,23-24H,3,8-9H2,1-2H3/t10?,11?,14?,15?,16?,17?,18?,19-,20?/m1/s1. The summed E-state index contributed by atoms with van der Waals surface area (Å²) >= 11 is 0. The summed E-state index contributed by atoms with van der Waals surface area (Å²) in [4.78, 5) is 4.83. The number of rotatable bonds is 1. The number of hydrogen-bond acceptors (Lipinski definition) is 4. The number of piperidine rings is 4. The number of benzene rings is 1. The van der Waals surface area contributed by atoms with Crippen molar-refractivity contribution in [1.29, 1.82) is 0 Å². The first kappa shape index (κ1) is 14.1. The van der Waals surface area contributed by atoms with Crippen LogP contribution < -0.4 is 4.90 Å². The third-order valence-electron chi connectivity index (χ3n) is 8.46. The van der Waals surface area contributed by atoms with Crippen LogP contribution in [0.2, 0.25) is 0 Å². The van der Waals surface area contributed by atoms with E-state index in [4.69, 9.17) is 0 Å². The van der Waals surface area contributed by atoms with Gasteiger partial charge in [0.2, 0.25) is 0 Å². The molecule has 1 aromatic rings. The van der Waals surface area contributed by atoms with E-state index in [0.717, 1.165) is 19.3 Å². The number of hydrogen-bond donors (Lipinski definition) is 2. The highest BCUT2D eigenvalue weighted by atomic mass is 16.3. The van der Waals surface area contributed by atoms with Crippen LogP contribution in [0.5, 0.6) is 0 Å². The summed E-state index contributed by atoms with van der Waals surface area (Å²) in [5, 5.41) is 22.6. The van der Waals surface area contributed by atoms with Crippen LogP contribution in [0.25, 0.3) is 0 Å². The fraction of sp³-hybridized carbons (Fsp3) is 0.700. The lowest BCUT2D eigenvalue weighted by Crippen LogP contribution is -2.72. The van der Waals surface area contributed by atoms with Gasteiger partial charge in [-0.3, -0.25) is 4.90 Å². The predicted molar refractivity (Wildman–Crippen MR) is 91.7 cm³/mol. The maximum Gasteiger partial charge on any atom is 0.111 e. The van der Waals surface area contributed by atoms with Gasteiger partial charge in [0.15, 0.2) is 0 Å². The Morgan fingerprint density at radius 3 is 2.79 bits per heavy atom. The number of aliphatic hydroxyl groups is 2. The Hall–Kier alpha value is -1.10. The Labute approximate surface area is 143 Å². The maximum absolute atomic E-state index is 11.6. The van der Waals surface area contributed by atoms with Gasteiger partial charge in [0, 0.05) is 42.1 Å². The molecule has 5 fully saturated rings. The predicted octanol–water partition coefficient (Wildman–Crippen LogP) is 1.55. The second-order valence-electron chi connectivity index (χ2n) is 8.81. The summed E-state index contributed by atoms with van der Waals surface area (Å²) in [5.41, 5.74) is 2.51. The average Bonchev–Trinajstić information content (AvgIpc) is 2.97. The third kappa shape index (κ3) is 1.20. The van der Waals surface area contributed by atoms with E-state index in [2.05, 4.69) is 48.0 Å². The van der Waals surface area contributed by atoms with E-state index in [1.54, 1.807) is 0 Å². The van der Waals surface area contributed by atoms with Crippen LogP contribution >= 0.6 is 0 Å². The normalized spacial score (nSPS) is 55.8. The number of likely N-dealkylation sites (N-methyl/N-ethyl adjacent to an activating group) is 1. The van der Waals surface area contributed by atoms with Gasteiger partial charge in [0.05, 0.1) is 12.1 Å². The Kier molecular flexibility index (Phi) is 2.45. The lowest BCUT2D eigenvalue weighted by atomic mass is 9.62. The van der Waals surface area contributed by atoms with Gasteiger partial charge in [-0.25, -0.2) is 0 Å². The van der Waals surface area contributed by atoms with Crippen LogP contribution in [0, 0.1) is 17.8 Å². The first-order valence-corrected chi connectivity index (χ1v) is 9.57. The molecule has 4 heteroatoms. The highest BCUT2D eigenvalue weighted by Crippen LogP contribution is 2.68. The van der Waals surface area contributed by atoms with Crippen LogP contribution in [-0.2, 0) is 5.41 Å². The number of para-hydroxylation sites is 1. The largest absolute Gasteiger partial charge is 0.392 e. The quantitative estimate of drug-likeness (QED) is 0.822. The fourth-order valence-corrected chi connectivity index (χ4v) is 7.88. The van der Waals surface area contributed by atoms with Crippen molar-refractivity contribution in [2.45, 2.75) is 62.1 Å². The van der Waals surface area contributed by atoms with Crippen molar-refractivity contribution in [2.24, 2.45) is 17.8 Å². The zero-order chi connectivity index (χ0) is 16.4. The smallest absolute Gasteiger partial charge is 0.111 e. The fourth-order valence-electron chi connectivity index (χ4n) is 7.88. The topological polar surface area (TPSA) is 46.9 Å². The molecule has 1 aliphatic carbocycles. The number of aliphatic hydroxyl groups excluding tert-OH is 2. The van der Waals surface area contributed by atoms with Crippen molar-refractivity contribution >= 4 is 5.69 Å². The monoisotopic (exact) mass is 326 g/mol. The molecule has 5 aliphatic heterocycles. The molecular weight excluding hydrogens is 300 g/mol. The highest BCUT2D eigenvalue weighted by Gasteiger charge is 2.76. The molecule has 1 saturated carbocycles. The van der Waals surface area contributed by atoms with Crippen molar-refractivity contribution in [3.63, 3.8) is 0 Å². The van der Waals surface area contributed by atoms with E-state index < -0.39 is 0 Å². The molecule has 5 heterocycles. The van der Waals surface area contributed by atoms with Gasteiger partial charge >= 0.3 is 0 Å². The van der Waals surface area contributed by atoms with Crippen LogP contribution in [0.3, 0.4) is 0 Å². The molecule has 5 bridgehead atoms. The Morgan fingerprint density at radius 2 is 2.00 bits per heavy atom. The van der Waals surface area contributed by atoms with Gasteiger partial charge in [0.25, 0.3) is 0 Å². The van der Waals surface area contributed by atoms with Crippen molar-refractivity contribution in [2.75, 3.05) is 11.9 Å². The first-order valence-electron chi connectivity index (χ1n) is 9.57. The SMILES string of the molecule is CCC1C2CC3C4N(C)c5ccccc5C45CC(C2C5O)N3[C@@H]1O. The molecule has 6 aliphatic rings. The van der Waals surface area contributed by atoms with Crippen LogP contribution in [0.1, 0.15) is 31.7 Å². The van der Waals surface area contributed by atoms with Gasteiger partial charge in [-0.2, -0.15) is 0 Å². The molecule has 4 saturated heterocycles. The van der Waals surface area contributed by atoms with Gasteiger partial charge in [-0.05, 0) is 36.8 Å². The van der Waals surface area contributed by atoms with Gasteiger partial charge < -0.3 is 15.1 Å². The van der Waals surface area contributed by atoms with Gasteiger partial charge in [-0.1, -0.05) is 25.1 Å². The molecule has 24 heavy (non-hydrogen) atoms. The first-order chi connectivity index (χ1) is 11.6. The third-order valence-corrected chi connectivity index (χ3v) is 8.46. The van der Waals surface area contributed by atoms with Crippen molar-refractivity contribution < 1.29 is 10.2 Å². The van der Waals surface area contributed by atoms with Crippen molar-refractivity contribution in [1.82, 2.24) is 4.90 Å². The molecule has 1 spiro atoms. The number of fused-ring (bicyclic) bond motifs is 2. The molecule has 1 aromatic carbocycles. The Morgan fingerprint density at radius 1 is 1.21 bits per heavy atom. The molecular formula is C20H26N2O2. The van der Waals surface area contributed by atoms with E-state index >= 15 is 0 Å².